The van der Waals surface area contributed by atoms with Crippen molar-refractivity contribution in [2.75, 3.05) is 18.0 Å². The Morgan fingerprint density at radius 3 is 2.56 bits per heavy atom. The molecule has 90 valence electrons. The van der Waals surface area contributed by atoms with Crippen molar-refractivity contribution < 1.29 is 9.90 Å². The number of aryl methyl sites for hydroxylation is 2. The van der Waals surface area contributed by atoms with Crippen LogP contribution in [0.4, 0.5) is 5.82 Å². The summed E-state index contributed by atoms with van der Waals surface area (Å²) in [6, 6.07) is 0. The van der Waals surface area contributed by atoms with Crippen molar-refractivity contribution in [3.05, 3.63) is 11.3 Å². The molecular formula is C11H19N3O2. The van der Waals surface area contributed by atoms with E-state index in [2.05, 4.69) is 12.0 Å². The number of hydrogen-bond donors (Lipinski definition) is 1. The monoisotopic (exact) mass is 225 g/mol. The zero-order valence-corrected chi connectivity index (χ0v) is 10.3. The number of nitrogens with zero attached hydrogens (tertiary/aromatic N) is 3. The summed E-state index contributed by atoms with van der Waals surface area (Å²) >= 11 is 0. The van der Waals surface area contributed by atoms with E-state index in [1.54, 1.807) is 18.7 Å². The van der Waals surface area contributed by atoms with Crippen molar-refractivity contribution in [1.29, 1.82) is 0 Å². The minimum atomic E-state index is -0.907. The van der Waals surface area contributed by atoms with Crippen molar-refractivity contribution in [2.45, 2.75) is 27.2 Å². The molecule has 0 fully saturated rings. The number of aromatic nitrogens is 2. The summed E-state index contributed by atoms with van der Waals surface area (Å²) in [7, 11) is 1.78. The van der Waals surface area contributed by atoms with Crippen LogP contribution in [0.15, 0.2) is 0 Å². The highest BCUT2D eigenvalue weighted by molar-refractivity contribution is 5.94. The molecule has 0 aromatic carbocycles. The quantitative estimate of drug-likeness (QED) is 0.828. The molecule has 1 heterocycles. The van der Waals surface area contributed by atoms with Crippen molar-refractivity contribution in [2.24, 2.45) is 7.05 Å². The number of rotatable bonds is 5. The zero-order valence-electron chi connectivity index (χ0n) is 10.3. The molecule has 0 spiro atoms. The highest BCUT2D eigenvalue weighted by Gasteiger charge is 2.22. The second-order valence-corrected chi connectivity index (χ2v) is 3.79. The molecule has 1 N–H and O–H groups in total. The molecule has 1 aromatic rings. The van der Waals surface area contributed by atoms with Crippen LogP contribution in [0.3, 0.4) is 0 Å². The van der Waals surface area contributed by atoms with E-state index in [1.165, 1.54) is 0 Å². The topological polar surface area (TPSA) is 58.4 Å². The lowest BCUT2D eigenvalue weighted by Crippen LogP contribution is -2.27. The Kier molecular flexibility index (Phi) is 3.93. The lowest BCUT2D eigenvalue weighted by molar-refractivity contribution is 0.0696. The molecule has 1 rings (SSSR count). The average molecular weight is 225 g/mol. The summed E-state index contributed by atoms with van der Waals surface area (Å²) in [4.78, 5) is 13.2. The third kappa shape index (κ3) is 2.18. The fourth-order valence-electron chi connectivity index (χ4n) is 1.94. The van der Waals surface area contributed by atoms with Gasteiger partial charge in [-0.1, -0.05) is 6.92 Å². The third-order valence-electron chi connectivity index (χ3n) is 2.58. The number of anilines is 1. The van der Waals surface area contributed by atoms with E-state index in [4.69, 9.17) is 0 Å². The molecule has 0 aliphatic rings. The van der Waals surface area contributed by atoms with E-state index in [0.717, 1.165) is 19.5 Å². The Bertz CT molecular complexity index is 385. The molecule has 0 atom stereocenters. The van der Waals surface area contributed by atoms with Crippen LogP contribution in [-0.2, 0) is 7.05 Å². The van der Waals surface area contributed by atoms with Gasteiger partial charge in [-0.3, -0.25) is 4.68 Å². The average Bonchev–Trinajstić information content (AvgIpc) is 2.50. The molecule has 1 aromatic heterocycles. The molecule has 0 amide bonds. The van der Waals surface area contributed by atoms with Gasteiger partial charge in [-0.05, 0) is 20.3 Å². The van der Waals surface area contributed by atoms with Gasteiger partial charge in [-0.2, -0.15) is 5.10 Å². The van der Waals surface area contributed by atoms with Gasteiger partial charge in [-0.25, -0.2) is 4.79 Å². The van der Waals surface area contributed by atoms with Crippen molar-refractivity contribution in [1.82, 2.24) is 9.78 Å². The van der Waals surface area contributed by atoms with Crippen LogP contribution in [-0.4, -0.2) is 33.9 Å². The number of carboxylic acids is 1. The van der Waals surface area contributed by atoms with E-state index in [0.29, 0.717) is 17.1 Å². The maximum absolute atomic E-state index is 11.2. The van der Waals surface area contributed by atoms with E-state index in [-0.39, 0.29) is 0 Å². The van der Waals surface area contributed by atoms with Gasteiger partial charge in [-0.15, -0.1) is 0 Å². The lowest BCUT2D eigenvalue weighted by Gasteiger charge is -2.22. The first-order chi connectivity index (χ1) is 7.52. The molecule has 16 heavy (non-hydrogen) atoms. The SMILES string of the molecule is CCCN(CC)c1c(C(=O)O)c(C)nn1C. The first-order valence-electron chi connectivity index (χ1n) is 5.54. The maximum atomic E-state index is 11.2. The maximum Gasteiger partial charge on any atom is 0.341 e. The molecule has 0 unspecified atom stereocenters. The standard InChI is InChI=1S/C11H19N3O2/c1-5-7-14(6-2)10-9(11(15)16)8(3)12-13(10)4/h5-7H2,1-4H3,(H,15,16). The summed E-state index contributed by atoms with van der Waals surface area (Å²) in [5, 5.41) is 13.4. The number of carbonyl (C=O) groups is 1. The largest absolute Gasteiger partial charge is 0.477 e. The smallest absolute Gasteiger partial charge is 0.341 e. The summed E-state index contributed by atoms with van der Waals surface area (Å²) < 4.78 is 1.65. The molecule has 0 aliphatic carbocycles. The number of aromatic carboxylic acids is 1. The third-order valence-corrected chi connectivity index (χ3v) is 2.58. The van der Waals surface area contributed by atoms with E-state index in [9.17, 15) is 9.90 Å². The zero-order chi connectivity index (χ0) is 12.3. The minimum absolute atomic E-state index is 0.317. The van der Waals surface area contributed by atoms with Crippen LogP contribution in [0.5, 0.6) is 0 Å². The summed E-state index contributed by atoms with van der Waals surface area (Å²) in [6.45, 7) is 7.45. The first-order valence-corrected chi connectivity index (χ1v) is 5.54. The van der Waals surface area contributed by atoms with Crippen LogP contribution in [0.1, 0.15) is 36.3 Å². The molecule has 0 saturated carbocycles. The van der Waals surface area contributed by atoms with Gasteiger partial charge in [0.05, 0.1) is 5.69 Å². The number of hydrogen-bond acceptors (Lipinski definition) is 3. The van der Waals surface area contributed by atoms with Crippen molar-refractivity contribution in [3.8, 4) is 0 Å². The molecule has 0 aliphatic heterocycles. The van der Waals surface area contributed by atoms with Gasteiger partial charge in [0.15, 0.2) is 0 Å². The van der Waals surface area contributed by atoms with Crippen molar-refractivity contribution in [3.63, 3.8) is 0 Å². The van der Waals surface area contributed by atoms with Gasteiger partial charge < -0.3 is 10.0 Å². The summed E-state index contributed by atoms with van der Waals surface area (Å²) in [5.74, 6) is -0.204. The van der Waals surface area contributed by atoms with Gasteiger partial charge in [0.25, 0.3) is 0 Å². The Morgan fingerprint density at radius 2 is 2.12 bits per heavy atom. The lowest BCUT2D eigenvalue weighted by atomic mass is 10.2. The normalized spacial score (nSPS) is 10.5. The predicted octanol–water partition coefficient (Wildman–Crippen LogP) is 1.66. The first kappa shape index (κ1) is 12.5. The fraction of sp³-hybridized carbons (Fsp3) is 0.636. The van der Waals surface area contributed by atoms with Crippen LogP contribution >= 0.6 is 0 Å². The summed E-state index contributed by atoms with van der Waals surface area (Å²) in [5.41, 5.74) is 0.886. The Balaban J connectivity index is 3.24. The fourth-order valence-corrected chi connectivity index (χ4v) is 1.94. The van der Waals surface area contributed by atoms with Crippen LogP contribution in [0.25, 0.3) is 0 Å². The predicted molar refractivity (Wildman–Crippen MR) is 63.1 cm³/mol. The second kappa shape index (κ2) is 5.01. The van der Waals surface area contributed by atoms with Crippen LogP contribution in [0.2, 0.25) is 0 Å². The Hall–Kier alpha value is -1.52. The summed E-state index contributed by atoms with van der Waals surface area (Å²) in [6.07, 6.45) is 0.983. The molecular weight excluding hydrogens is 206 g/mol. The Labute approximate surface area is 95.7 Å². The minimum Gasteiger partial charge on any atom is -0.477 e. The van der Waals surface area contributed by atoms with E-state index >= 15 is 0 Å². The van der Waals surface area contributed by atoms with Gasteiger partial charge >= 0.3 is 5.97 Å². The van der Waals surface area contributed by atoms with Gasteiger partial charge in [0.2, 0.25) is 0 Å². The highest BCUT2D eigenvalue weighted by atomic mass is 16.4. The molecule has 5 heteroatoms. The van der Waals surface area contributed by atoms with Gasteiger partial charge in [0.1, 0.15) is 11.4 Å². The van der Waals surface area contributed by atoms with Gasteiger partial charge in [0, 0.05) is 20.1 Å². The molecule has 0 bridgehead atoms. The molecule has 5 nitrogen and oxygen atoms in total. The number of carboxylic acid groups (broad SMARTS) is 1. The highest BCUT2D eigenvalue weighted by Crippen LogP contribution is 2.23. The molecule has 0 saturated heterocycles. The molecule has 0 radical (unpaired) electrons. The van der Waals surface area contributed by atoms with E-state index < -0.39 is 5.97 Å². The van der Waals surface area contributed by atoms with Crippen molar-refractivity contribution >= 4 is 11.8 Å². The van der Waals surface area contributed by atoms with Crippen LogP contribution in [0, 0.1) is 6.92 Å². The van der Waals surface area contributed by atoms with Crippen LogP contribution < -0.4 is 4.90 Å². The Morgan fingerprint density at radius 1 is 1.50 bits per heavy atom. The van der Waals surface area contributed by atoms with E-state index in [1.807, 2.05) is 11.8 Å². The second-order valence-electron chi connectivity index (χ2n) is 3.79.